The molecule has 0 saturated heterocycles. The number of nitrogens with one attached hydrogen (secondary N) is 1. The molecule has 1 N–H and O–H groups in total. The van der Waals surface area contributed by atoms with E-state index in [1.165, 1.54) is 0 Å². The fourth-order valence-electron chi connectivity index (χ4n) is 1.59. The van der Waals surface area contributed by atoms with Crippen molar-refractivity contribution in [2.24, 2.45) is 0 Å². The van der Waals surface area contributed by atoms with Crippen molar-refractivity contribution < 1.29 is 9.47 Å². The summed E-state index contributed by atoms with van der Waals surface area (Å²) in [5.74, 6) is 0. The predicted octanol–water partition coefficient (Wildman–Crippen LogP) is 0.957. The third-order valence-corrected chi connectivity index (χ3v) is 3.43. The summed E-state index contributed by atoms with van der Waals surface area (Å²) in [6.07, 6.45) is 0. The van der Waals surface area contributed by atoms with E-state index in [4.69, 9.17) is 9.47 Å². The number of ether oxygens (including phenoxy) is 2. The minimum Gasteiger partial charge on any atom is -0.383 e. The normalized spacial score (nSPS) is 11.3. The van der Waals surface area contributed by atoms with Crippen molar-refractivity contribution in [3.05, 3.63) is 16.1 Å². The van der Waals surface area contributed by atoms with Crippen molar-refractivity contribution in [2.45, 2.75) is 13.1 Å². The summed E-state index contributed by atoms with van der Waals surface area (Å²) in [6.45, 7) is 4.96. The lowest BCUT2D eigenvalue weighted by molar-refractivity contribution is 0.109. The monoisotopic (exact) mass is 273 g/mol. The van der Waals surface area contributed by atoms with Gasteiger partial charge in [-0.15, -0.1) is 11.3 Å². The van der Waals surface area contributed by atoms with Crippen LogP contribution in [0.25, 0.3) is 0 Å². The second kappa shape index (κ2) is 9.41. The molecule has 1 heterocycles. The highest BCUT2D eigenvalue weighted by Crippen LogP contribution is 2.11. The highest BCUT2D eigenvalue weighted by atomic mass is 32.1. The zero-order valence-electron chi connectivity index (χ0n) is 11.4. The van der Waals surface area contributed by atoms with Crippen LogP contribution < -0.4 is 5.32 Å². The molecule has 0 atom stereocenters. The molecule has 0 aliphatic carbocycles. The second-order valence-electron chi connectivity index (χ2n) is 4.02. The van der Waals surface area contributed by atoms with Gasteiger partial charge >= 0.3 is 0 Å². The van der Waals surface area contributed by atoms with Gasteiger partial charge < -0.3 is 14.8 Å². The zero-order valence-corrected chi connectivity index (χ0v) is 12.3. The van der Waals surface area contributed by atoms with Crippen LogP contribution in [0.4, 0.5) is 0 Å². The van der Waals surface area contributed by atoms with E-state index in [1.54, 1.807) is 25.6 Å². The highest BCUT2D eigenvalue weighted by molar-refractivity contribution is 7.09. The van der Waals surface area contributed by atoms with Gasteiger partial charge in [-0.25, -0.2) is 4.98 Å². The quantitative estimate of drug-likeness (QED) is 0.688. The summed E-state index contributed by atoms with van der Waals surface area (Å²) in [6, 6.07) is 0. The zero-order chi connectivity index (χ0) is 13.2. The number of methoxy groups -OCH3 is 2. The number of nitrogens with zero attached hydrogens (tertiary/aromatic N) is 2. The van der Waals surface area contributed by atoms with Gasteiger partial charge in [0.05, 0.1) is 18.9 Å². The Morgan fingerprint density at radius 1 is 1.28 bits per heavy atom. The molecule has 6 heteroatoms. The van der Waals surface area contributed by atoms with Crippen molar-refractivity contribution in [2.75, 3.05) is 47.6 Å². The summed E-state index contributed by atoms with van der Waals surface area (Å²) < 4.78 is 10.2. The van der Waals surface area contributed by atoms with Gasteiger partial charge in [0.25, 0.3) is 0 Å². The lowest BCUT2D eigenvalue weighted by Crippen LogP contribution is -2.30. The summed E-state index contributed by atoms with van der Waals surface area (Å²) in [4.78, 5) is 6.89. The van der Waals surface area contributed by atoms with Gasteiger partial charge in [-0.1, -0.05) is 0 Å². The molecule has 0 spiro atoms. The molecule has 1 rings (SSSR count). The first-order valence-electron chi connectivity index (χ1n) is 6.08. The molecule has 18 heavy (non-hydrogen) atoms. The molecule has 0 unspecified atom stereocenters. The Kier molecular flexibility index (Phi) is 8.11. The number of hydrogen-bond acceptors (Lipinski definition) is 6. The van der Waals surface area contributed by atoms with Gasteiger partial charge in [-0.3, -0.25) is 4.90 Å². The van der Waals surface area contributed by atoms with Crippen LogP contribution in [0, 0.1) is 0 Å². The van der Waals surface area contributed by atoms with E-state index >= 15 is 0 Å². The van der Waals surface area contributed by atoms with E-state index in [-0.39, 0.29) is 0 Å². The molecule has 1 aromatic heterocycles. The first-order valence-corrected chi connectivity index (χ1v) is 6.96. The Hall–Kier alpha value is -0.530. The van der Waals surface area contributed by atoms with Crippen LogP contribution in [0.5, 0.6) is 0 Å². The van der Waals surface area contributed by atoms with Crippen LogP contribution in [0.3, 0.4) is 0 Å². The van der Waals surface area contributed by atoms with E-state index < -0.39 is 0 Å². The number of hydrogen-bond donors (Lipinski definition) is 1. The van der Waals surface area contributed by atoms with Crippen LogP contribution in [-0.2, 0) is 22.6 Å². The minimum absolute atomic E-state index is 0.733. The van der Waals surface area contributed by atoms with E-state index in [0.29, 0.717) is 0 Å². The summed E-state index contributed by atoms with van der Waals surface area (Å²) >= 11 is 1.70. The topological polar surface area (TPSA) is 46.6 Å². The number of aromatic nitrogens is 1. The molecule has 5 nitrogen and oxygen atoms in total. The lowest BCUT2D eigenvalue weighted by Gasteiger charge is -2.20. The van der Waals surface area contributed by atoms with E-state index in [0.717, 1.165) is 50.1 Å². The second-order valence-corrected chi connectivity index (χ2v) is 4.97. The van der Waals surface area contributed by atoms with Crippen LogP contribution >= 0.6 is 11.3 Å². The Morgan fingerprint density at radius 2 is 1.94 bits per heavy atom. The highest BCUT2D eigenvalue weighted by Gasteiger charge is 2.08. The maximum absolute atomic E-state index is 5.12. The van der Waals surface area contributed by atoms with Gasteiger partial charge in [-0.05, 0) is 7.05 Å². The molecule has 0 aromatic carbocycles. The Balaban J connectivity index is 2.46. The van der Waals surface area contributed by atoms with Crippen molar-refractivity contribution in [1.29, 1.82) is 0 Å². The molecule has 0 fully saturated rings. The van der Waals surface area contributed by atoms with Gasteiger partial charge in [0.15, 0.2) is 0 Å². The fourth-order valence-corrected chi connectivity index (χ4v) is 2.39. The molecule has 1 aromatic rings. The van der Waals surface area contributed by atoms with Crippen LogP contribution in [0.2, 0.25) is 0 Å². The molecule has 0 amide bonds. The predicted molar refractivity (Wildman–Crippen MR) is 73.9 cm³/mol. The van der Waals surface area contributed by atoms with E-state index in [2.05, 4.69) is 20.6 Å². The first kappa shape index (κ1) is 15.5. The summed E-state index contributed by atoms with van der Waals surface area (Å²) in [5.41, 5.74) is 1.12. The van der Waals surface area contributed by atoms with Gasteiger partial charge in [-0.2, -0.15) is 0 Å². The smallest absolute Gasteiger partial charge is 0.107 e. The molecule has 0 radical (unpaired) electrons. The molecule has 0 bridgehead atoms. The van der Waals surface area contributed by atoms with Crippen LogP contribution in [0.15, 0.2) is 5.38 Å². The Labute approximate surface area is 113 Å². The molecule has 0 aliphatic heterocycles. The number of thiazole rings is 1. The lowest BCUT2D eigenvalue weighted by atomic mass is 10.4. The third kappa shape index (κ3) is 5.88. The minimum atomic E-state index is 0.733. The molecular formula is C12H23N3O2S. The molecule has 104 valence electrons. The first-order chi connectivity index (χ1) is 8.80. The average Bonchev–Trinajstić information content (AvgIpc) is 2.80. The number of rotatable bonds is 10. The third-order valence-electron chi connectivity index (χ3n) is 2.54. The van der Waals surface area contributed by atoms with Crippen molar-refractivity contribution in [3.63, 3.8) is 0 Å². The van der Waals surface area contributed by atoms with Crippen molar-refractivity contribution >= 4 is 11.3 Å². The fraction of sp³-hybridized carbons (Fsp3) is 0.750. The van der Waals surface area contributed by atoms with Crippen LogP contribution in [-0.4, -0.2) is 57.5 Å². The summed E-state index contributed by atoms with van der Waals surface area (Å²) in [5, 5.41) is 6.37. The average molecular weight is 273 g/mol. The van der Waals surface area contributed by atoms with Crippen molar-refractivity contribution in [1.82, 2.24) is 15.2 Å². The van der Waals surface area contributed by atoms with Crippen molar-refractivity contribution in [3.8, 4) is 0 Å². The van der Waals surface area contributed by atoms with Crippen LogP contribution in [0.1, 0.15) is 10.7 Å². The maximum atomic E-state index is 5.12. The largest absolute Gasteiger partial charge is 0.383 e. The van der Waals surface area contributed by atoms with E-state index in [1.807, 2.05) is 7.05 Å². The molecular weight excluding hydrogens is 250 g/mol. The maximum Gasteiger partial charge on any atom is 0.107 e. The van der Waals surface area contributed by atoms with Gasteiger partial charge in [0.2, 0.25) is 0 Å². The van der Waals surface area contributed by atoms with E-state index in [9.17, 15) is 0 Å². The summed E-state index contributed by atoms with van der Waals surface area (Å²) in [7, 11) is 5.38. The molecule has 0 saturated carbocycles. The Morgan fingerprint density at radius 3 is 2.50 bits per heavy atom. The Bertz CT molecular complexity index is 312. The SMILES string of the molecule is CNCc1nc(CN(CCOC)CCOC)cs1. The molecule has 0 aliphatic rings. The standard InChI is InChI=1S/C12H23N3O2S/c1-13-8-12-14-11(10-18-12)9-15(4-6-16-2)5-7-17-3/h10,13H,4-9H2,1-3H3. The van der Waals surface area contributed by atoms with Gasteiger partial charge in [0, 0.05) is 45.8 Å². The van der Waals surface area contributed by atoms with Gasteiger partial charge in [0.1, 0.15) is 5.01 Å².